The van der Waals surface area contributed by atoms with Crippen molar-refractivity contribution >= 4 is 33.8 Å². The maximum Gasteiger partial charge on any atom is 0.260 e. The number of aromatic nitrogens is 2. The van der Waals surface area contributed by atoms with E-state index in [0.29, 0.717) is 17.1 Å². The average molecular weight is 342 g/mol. The molecule has 2 N–H and O–H groups in total. The number of rotatable bonds is 3. The van der Waals surface area contributed by atoms with Gasteiger partial charge < -0.3 is 15.4 Å². The first-order chi connectivity index (χ1) is 11.6. The summed E-state index contributed by atoms with van der Waals surface area (Å²) in [7, 11) is 0. The van der Waals surface area contributed by atoms with Crippen molar-refractivity contribution in [2.75, 3.05) is 11.4 Å². The molecule has 8 heteroatoms. The lowest BCUT2D eigenvalue weighted by Gasteiger charge is -2.33. The van der Waals surface area contributed by atoms with E-state index in [9.17, 15) is 9.59 Å². The number of anilines is 1. The van der Waals surface area contributed by atoms with Gasteiger partial charge in [0.25, 0.3) is 5.91 Å². The van der Waals surface area contributed by atoms with Crippen molar-refractivity contribution in [3.05, 3.63) is 47.7 Å². The zero-order chi connectivity index (χ0) is 16.7. The third-order valence-corrected chi connectivity index (χ3v) is 4.64. The molecule has 1 atom stereocenters. The van der Waals surface area contributed by atoms with Gasteiger partial charge in [-0.15, -0.1) is 11.3 Å². The molecule has 1 aliphatic heterocycles. The van der Waals surface area contributed by atoms with Crippen LogP contribution in [0.1, 0.15) is 5.69 Å². The maximum atomic E-state index is 12.8. The van der Waals surface area contributed by atoms with E-state index in [1.54, 1.807) is 23.1 Å². The van der Waals surface area contributed by atoms with Crippen molar-refractivity contribution in [2.24, 2.45) is 5.73 Å². The van der Waals surface area contributed by atoms with Crippen LogP contribution in [-0.4, -0.2) is 33.8 Å². The summed E-state index contributed by atoms with van der Waals surface area (Å²) in [5.41, 5.74) is 6.69. The summed E-state index contributed by atoms with van der Waals surface area (Å²) in [6, 6.07) is 7.11. The number of hydrogen-bond donors (Lipinski definition) is 1. The molecular formula is C16H14N4O3S. The third kappa shape index (κ3) is 2.50. The fraction of sp³-hybridized carbons (Fsp3) is 0.188. The summed E-state index contributed by atoms with van der Waals surface area (Å²) in [5.74, 6) is -0.265. The zero-order valence-electron chi connectivity index (χ0n) is 12.6. The fourth-order valence-electron chi connectivity index (χ4n) is 2.73. The number of imidazole rings is 1. The summed E-state index contributed by atoms with van der Waals surface area (Å²) >= 11 is 1.51. The molecule has 0 bridgehead atoms. The summed E-state index contributed by atoms with van der Waals surface area (Å²) in [6.07, 6.45) is 3.03. The van der Waals surface area contributed by atoms with Crippen molar-refractivity contribution in [1.29, 1.82) is 0 Å². The van der Waals surface area contributed by atoms with E-state index in [1.165, 1.54) is 11.3 Å². The molecule has 0 unspecified atom stereocenters. The summed E-state index contributed by atoms with van der Waals surface area (Å²) in [5, 5.41) is 1.93. The molecule has 7 nitrogen and oxygen atoms in total. The molecule has 0 aliphatic carbocycles. The van der Waals surface area contributed by atoms with Gasteiger partial charge in [0, 0.05) is 17.8 Å². The maximum absolute atomic E-state index is 12.8. The molecule has 24 heavy (non-hydrogen) atoms. The molecular weight excluding hydrogens is 328 g/mol. The van der Waals surface area contributed by atoms with Crippen molar-refractivity contribution in [3.8, 4) is 5.75 Å². The van der Waals surface area contributed by atoms with E-state index in [0.717, 1.165) is 4.96 Å². The van der Waals surface area contributed by atoms with Crippen LogP contribution < -0.4 is 15.4 Å². The molecule has 0 saturated carbocycles. The van der Waals surface area contributed by atoms with Gasteiger partial charge in [0.1, 0.15) is 5.75 Å². The molecule has 2 aromatic heterocycles. The highest BCUT2D eigenvalue weighted by atomic mass is 32.1. The van der Waals surface area contributed by atoms with E-state index in [2.05, 4.69) is 4.98 Å². The minimum absolute atomic E-state index is 0.105. The van der Waals surface area contributed by atoms with Crippen LogP contribution in [0.15, 0.2) is 42.0 Å². The highest BCUT2D eigenvalue weighted by Gasteiger charge is 2.32. The minimum Gasteiger partial charge on any atom is -0.477 e. The van der Waals surface area contributed by atoms with Gasteiger partial charge in [-0.25, -0.2) is 4.98 Å². The second-order valence-electron chi connectivity index (χ2n) is 5.48. The first-order valence-corrected chi connectivity index (χ1v) is 8.26. The van der Waals surface area contributed by atoms with Crippen molar-refractivity contribution in [2.45, 2.75) is 12.5 Å². The molecule has 0 radical (unpaired) electrons. The molecule has 1 aromatic carbocycles. The number of carbonyl (C=O) groups excluding carboxylic acids is 2. The van der Waals surface area contributed by atoms with E-state index in [1.807, 2.05) is 28.2 Å². The number of para-hydroxylation sites is 2. The normalized spacial score (nSPS) is 16.7. The Labute approximate surface area is 141 Å². The van der Waals surface area contributed by atoms with Crippen LogP contribution in [-0.2, 0) is 16.0 Å². The SMILES string of the molecule is NC(=O)[C@H]1CN(C(=O)Cc2cn3ccsc3n2)c2ccccc2O1. The molecule has 1 aliphatic rings. The number of amides is 2. The predicted molar refractivity (Wildman–Crippen MR) is 89.2 cm³/mol. The fourth-order valence-corrected chi connectivity index (χ4v) is 3.45. The van der Waals surface area contributed by atoms with Crippen LogP contribution in [0.2, 0.25) is 0 Å². The third-order valence-electron chi connectivity index (χ3n) is 3.87. The van der Waals surface area contributed by atoms with Crippen LogP contribution in [0, 0.1) is 0 Å². The van der Waals surface area contributed by atoms with Crippen LogP contribution in [0.25, 0.3) is 4.96 Å². The van der Waals surface area contributed by atoms with Crippen LogP contribution in [0.5, 0.6) is 5.75 Å². The Morgan fingerprint density at radius 3 is 3.00 bits per heavy atom. The first kappa shape index (κ1) is 14.7. The number of hydrogen-bond acceptors (Lipinski definition) is 5. The highest BCUT2D eigenvalue weighted by molar-refractivity contribution is 7.15. The van der Waals surface area contributed by atoms with Crippen molar-refractivity contribution in [3.63, 3.8) is 0 Å². The Morgan fingerprint density at radius 2 is 2.21 bits per heavy atom. The number of carbonyl (C=O) groups is 2. The molecule has 122 valence electrons. The summed E-state index contributed by atoms with van der Waals surface area (Å²) < 4.78 is 7.45. The Balaban J connectivity index is 1.62. The van der Waals surface area contributed by atoms with Crippen molar-refractivity contribution in [1.82, 2.24) is 9.38 Å². The minimum atomic E-state index is -0.852. The monoisotopic (exact) mass is 342 g/mol. The Kier molecular flexibility index (Phi) is 3.46. The number of ether oxygens (including phenoxy) is 1. The first-order valence-electron chi connectivity index (χ1n) is 7.38. The van der Waals surface area contributed by atoms with E-state index in [4.69, 9.17) is 10.5 Å². The Hall–Kier alpha value is -2.87. The van der Waals surface area contributed by atoms with Crippen LogP contribution >= 0.6 is 11.3 Å². The van der Waals surface area contributed by atoms with Gasteiger partial charge in [0.15, 0.2) is 11.1 Å². The molecule has 0 saturated heterocycles. The number of nitrogens with two attached hydrogens (primary N) is 1. The highest BCUT2D eigenvalue weighted by Crippen LogP contribution is 2.33. The number of nitrogens with zero attached hydrogens (tertiary/aromatic N) is 3. The number of primary amides is 1. The standard InChI is InChI=1S/C16H14N4O3S/c17-15(22)13-9-20(11-3-1-2-4-12(11)23-13)14(21)7-10-8-19-5-6-24-16(19)18-10/h1-6,8,13H,7,9H2,(H2,17,22)/t13-/m1/s1. The lowest BCUT2D eigenvalue weighted by molar-refractivity contribution is -0.125. The Bertz CT molecular complexity index is 904. The Morgan fingerprint density at radius 1 is 1.38 bits per heavy atom. The molecule has 2 amide bonds. The number of benzene rings is 1. The van der Waals surface area contributed by atoms with Gasteiger partial charge in [-0.3, -0.25) is 14.0 Å². The van der Waals surface area contributed by atoms with Crippen LogP contribution in [0.3, 0.4) is 0 Å². The van der Waals surface area contributed by atoms with Gasteiger partial charge in [-0.05, 0) is 12.1 Å². The summed E-state index contributed by atoms with van der Waals surface area (Å²) in [4.78, 5) is 31.1. The lowest BCUT2D eigenvalue weighted by Crippen LogP contribution is -2.49. The number of fused-ring (bicyclic) bond motifs is 2. The molecule has 0 fully saturated rings. The molecule has 4 rings (SSSR count). The van der Waals surface area contributed by atoms with Crippen molar-refractivity contribution < 1.29 is 14.3 Å². The van der Waals surface area contributed by atoms with Crippen LogP contribution in [0.4, 0.5) is 5.69 Å². The van der Waals surface area contributed by atoms with Gasteiger partial charge in [-0.2, -0.15) is 0 Å². The second kappa shape index (κ2) is 5.64. The largest absolute Gasteiger partial charge is 0.477 e. The quantitative estimate of drug-likeness (QED) is 0.775. The summed E-state index contributed by atoms with van der Waals surface area (Å²) in [6.45, 7) is 0.105. The van der Waals surface area contributed by atoms with E-state index in [-0.39, 0.29) is 18.9 Å². The molecule has 3 heterocycles. The van der Waals surface area contributed by atoms with E-state index < -0.39 is 12.0 Å². The topological polar surface area (TPSA) is 89.9 Å². The van der Waals surface area contributed by atoms with Gasteiger partial charge in [0.2, 0.25) is 5.91 Å². The molecule has 3 aromatic rings. The smallest absolute Gasteiger partial charge is 0.260 e. The second-order valence-corrected chi connectivity index (χ2v) is 6.36. The van der Waals surface area contributed by atoms with Gasteiger partial charge in [-0.1, -0.05) is 12.1 Å². The van der Waals surface area contributed by atoms with Gasteiger partial charge >= 0.3 is 0 Å². The lowest BCUT2D eigenvalue weighted by atomic mass is 10.1. The number of thiazole rings is 1. The van der Waals surface area contributed by atoms with E-state index >= 15 is 0 Å². The van der Waals surface area contributed by atoms with Gasteiger partial charge in [0.05, 0.1) is 24.3 Å². The molecule has 0 spiro atoms. The predicted octanol–water partition coefficient (Wildman–Crippen LogP) is 1.22. The average Bonchev–Trinajstić information content (AvgIpc) is 3.15. The zero-order valence-corrected chi connectivity index (χ0v) is 13.4.